The van der Waals surface area contributed by atoms with Gasteiger partial charge in [0.2, 0.25) is 11.9 Å². The minimum atomic E-state index is -0.216. The third-order valence-corrected chi connectivity index (χ3v) is 4.75. The van der Waals surface area contributed by atoms with Crippen molar-refractivity contribution in [3.05, 3.63) is 55.9 Å². The Hall–Kier alpha value is -2.48. The van der Waals surface area contributed by atoms with Crippen molar-refractivity contribution in [1.29, 1.82) is 0 Å². The van der Waals surface area contributed by atoms with Crippen LogP contribution in [0, 0.1) is 19.8 Å². The van der Waals surface area contributed by atoms with Gasteiger partial charge in [-0.25, -0.2) is 4.98 Å². The van der Waals surface area contributed by atoms with Crippen LogP contribution in [0.2, 0.25) is 0 Å². The average Bonchev–Trinajstić information content (AvgIpc) is 3.02. The molecule has 0 aliphatic rings. The molecular weight excluding hydrogens is 398 g/mol. The van der Waals surface area contributed by atoms with Gasteiger partial charge in [0, 0.05) is 21.6 Å². The van der Waals surface area contributed by atoms with Gasteiger partial charge in [0.1, 0.15) is 0 Å². The van der Waals surface area contributed by atoms with E-state index in [0.717, 1.165) is 10.0 Å². The van der Waals surface area contributed by atoms with E-state index in [1.54, 1.807) is 18.7 Å². The van der Waals surface area contributed by atoms with E-state index >= 15 is 0 Å². The van der Waals surface area contributed by atoms with Crippen molar-refractivity contribution in [2.45, 2.75) is 34.2 Å². The van der Waals surface area contributed by atoms with E-state index in [0.29, 0.717) is 23.8 Å². The predicted molar refractivity (Wildman–Crippen MR) is 103 cm³/mol. The molecule has 1 N–H and O–H groups in total. The first-order valence-electron chi connectivity index (χ1n) is 8.29. The number of H-pyrrole nitrogens is 1. The molecule has 1 amide bonds. The first-order valence-corrected chi connectivity index (χ1v) is 9.09. The first-order chi connectivity index (χ1) is 12.3. The third-order valence-electron chi connectivity index (χ3n) is 4.22. The summed E-state index contributed by atoms with van der Waals surface area (Å²) in [6.07, 6.45) is 0. The van der Waals surface area contributed by atoms with Crippen molar-refractivity contribution in [1.82, 2.24) is 19.6 Å². The maximum atomic E-state index is 12.8. The number of carbonyl (C=O) groups excluding carboxylic acids is 1. The fourth-order valence-electron chi connectivity index (χ4n) is 2.55. The number of benzene rings is 1. The van der Waals surface area contributed by atoms with Gasteiger partial charge < -0.3 is 0 Å². The van der Waals surface area contributed by atoms with E-state index in [1.165, 1.54) is 4.52 Å². The number of rotatable bonds is 4. The van der Waals surface area contributed by atoms with Gasteiger partial charge in [-0.1, -0.05) is 41.9 Å². The molecule has 0 spiro atoms. The lowest BCUT2D eigenvalue weighted by Crippen LogP contribution is -2.34. The number of amides is 1. The highest BCUT2D eigenvalue weighted by atomic mass is 79.9. The molecule has 0 aliphatic heterocycles. The smallest absolute Gasteiger partial charge is 0.276 e. The van der Waals surface area contributed by atoms with Gasteiger partial charge in [0.15, 0.2) is 0 Å². The number of nitrogens with zero attached hydrogens (tertiary/aromatic N) is 4. The number of aromatic amines is 1. The summed E-state index contributed by atoms with van der Waals surface area (Å²) in [7, 11) is 0. The largest absolute Gasteiger partial charge is 0.277 e. The van der Waals surface area contributed by atoms with Gasteiger partial charge in [-0.15, -0.1) is 0 Å². The van der Waals surface area contributed by atoms with E-state index in [2.05, 4.69) is 31.0 Å². The number of hydrogen-bond donors (Lipinski definition) is 1. The number of hydrogen-bond acceptors (Lipinski definition) is 4. The number of halogens is 1. The summed E-state index contributed by atoms with van der Waals surface area (Å²) in [5, 5.41) is 2.93. The lowest BCUT2D eigenvalue weighted by molar-refractivity contribution is -0.121. The van der Waals surface area contributed by atoms with Crippen LogP contribution in [0.1, 0.15) is 30.7 Å². The standard InChI is InChI=1S/C18H20BrN5O2/c1-10(2)15(25)23(9-13-5-7-14(19)8-6-13)18-21-17-20-12(4)11(3)16(26)24(17)22-18/h5-8,10H,9H2,1-4H3,(H,20,21,22). The minimum Gasteiger partial charge on any atom is -0.276 e. The number of nitrogens with one attached hydrogen (secondary N) is 1. The predicted octanol–water partition coefficient (Wildman–Crippen LogP) is 2.99. The van der Waals surface area contributed by atoms with E-state index in [-0.39, 0.29) is 23.2 Å². The van der Waals surface area contributed by atoms with E-state index in [4.69, 9.17) is 0 Å². The Morgan fingerprint density at radius 3 is 2.50 bits per heavy atom. The quantitative estimate of drug-likeness (QED) is 0.706. The molecule has 2 heterocycles. The Labute approximate surface area is 159 Å². The average molecular weight is 418 g/mol. The second-order valence-corrected chi connectivity index (χ2v) is 7.43. The highest BCUT2D eigenvalue weighted by molar-refractivity contribution is 9.10. The van der Waals surface area contributed by atoms with Crippen molar-refractivity contribution in [3.8, 4) is 0 Å². The van der Waals surface area contributed by atoms with Crippen molar-refractivity contribution in [2.75, 3.05) is 4.90 Å². The molecule has 0 saturated carbocycles. The summed E-state index contributed by atoms with van der Waals surface area (Å²) in [5.74, 6) is 0.256. The summed E-state index contributed by atoms with van der Waals surface area (Å²) in [6, 6.07) is 7.72. The number of carbonyl (C=O) groups is 1. The lowest BCUT2D eigenvalue weighted by atomic mass is 10.1. The Kier molecular flexibility index (Phi) is 4.95. The first kappa shape index (κ1) is 18.3. The Balaban J connectivity index is 2.08. The highest BCUT2D eigenvalue weighted by Gasteiger charge is 2.23. The number of anilines is 1. The van der Waals surface area contributed by atoms with Crippen LogP contribution >= 0.6 is 15.9 Å². The molecule has 3 aromatic rings. The van der Waals surface area contributed by atoms with Gasteiger partial charge >= 0.3 is 0 Å². The lowest BCUT2D eigenvalue weighted by Gasteiger charge is -2.21. The van der Waals surface area contributed by atoms with Crippen LogP contribution in [-0.4, -0.2) is 25.5 Å². The van der Waals surface area contributed by atoms with E-state index in [1.807, 2.05) is 38.1 Å². The van der Waals surface area contributed by atoms with E-state index < -0.39 is 0 Å². The van der Waals surface area contributed by atoms with Crippen LogP contribution in [0.15, 0.2) is 33.5 Å². The molecular formula is C18H20BrN5O2. The van der Waals surface area contributed by atoms with Crippen LogP contribution in [0.3, 0.4) is 0 Å². The van der Waals surface area contributed by atoms with Crippen molar-refractivity contribution >= 4 is 33.6 Å². The third kappa shape index (κ3) is 3.41. The minimum absolute atomic E-state index is 0.0894. The molecule has 0 radical (unpaired) electrons. The van der Waals surface area contributed by atoms with Gasteiger partial charge in [-0.05, 0) is 31.5 Å². The van der Waals surface area contributed by atoms with Crippen LogP contribution in [0.4, 0.5) is 5.95 Å². The molecule has 136 valence electrons. The molecule has 0 atom stereocenters. The molecule has 0 fully saturated rings. The van der Waals surface area contributed by atoms with Gasteiger partial charge in [-0.3, -0.25) is 19.6 Å². The molecule has 1 aromatic carbocycles. The summed E-state index contributed by atoms with van der Waals surface area (Å²) < 4.78 is 2.24. The van der Waals surface area contributed by atoms with Crippen LogP contribution in [0.25, 0.3) is 5.78 Å². The number of aryl methyl sites for hydroxylation is 1. The van der Waals surface area contributed by atoms with Crippen molar-refractivity contribution in [2.24, 2.45) is 5.92 Å². The zero-order valence-corrected chi connectivity index (χ0v) is 16.7. The Morgan fingerprint density at radius 1 is 1.23 bits per heavy atom. The SMILES string of the molecule is Cc1nc2nc(N(Cc3ccc(Br)cc3)C(=O)C(C)C)[nH]n2c(=O)c1C. The molecule has 0 saturated heterocycles. The molecule has 7 nitrogen and oxygen atoms in total. The van der Waals surface area contributed by atoms with Crippen LogP contribution in [-0.2, 0) is 11.3 Å². The topological polar surface area (TPSA) is 83.4 Å². The molecule has 2 aromatic heterocycles. The molecule has 8 heteroatoms. The van der Waals surface area contributed by atoms with Crippen LogP contribution in [0.5, 0.6) is 0 Å². The summed E-state index contributed by atoms with van der Waals surface area (Å²) in [5.41, 5.74) is 1.91. The van der Waals surface area contributed by atoms with Gasteiger partial charge in [0.25, 0.3) is 11.3 Å². The second kappa shape index (κ2) is 7.03. The van der Waals surface area contributed by atoms with Gasteiger partial charge in [0.05, 0.1) is 6.54 Å². The summed E-state index contributed by atoms with van der Waals surface area (Å²) in [4.78, 5) is 35.5. The molecule has 0 aliphatic carbocycles. The summed E-state index contributed by atoms with van der Waals surface area (Å²) >= 11 is 3.41. The number of fused-ring (bicyclic) bond motifs is 1. The number of aromatic nitrogens is 4. The highest BCUT2D eigenvalue weighted by Crippen LogP contribution is 2.18. The maximum absolute atomic E-state index is 12.8. The maximum Gasteiger partial charge on any atom is 0.277 e. The zero-order valence-electron chi connectivity index (χ0n) is 15.1. The van der Waals surface area contributed by atoms with Crippen molar-refractivity contribution < 1.29 is 4.79 Å². The molecule has 0 unspecified atom stereocenters. The van der Waals surface area contributed by atoms with Crippen molar-refractivity contribution in [3.63, 3.8) is 0 Å². The fourth-order valence-corrected chi connectivity index (χ4v) is 2.82. The zero-order chi connectivity index (χ0) is 19.0. The normalized spacial score (nSPS) is 11.3. The molecule has 0 bridgehead atoms. The van der Waals surface area contributed by atoms with Gasteiger partial charge in [-0.2, -0.15) is 9.50 Å². The summed E-state index contributed by atoms with van der Waals surface area (Å²) in [6.45, 7) is 7.49. The Bertz CT molecular complexity index is 1020. The van der Waals surface area contributed by atoms with E-state index in [9.17, 15) is 9.59 Å². The fraction of sp³-hybridized carbons (Fsp3) is 0.333. The molecule has 26 heavy (non-hydrogen) atoms. The monoisotopic (exact) mass is 417 g/mol. The second-order valence-electron chi connectivity index (χ2n) is 6.52. The molecule has 3 rings (SSSR count). The van der Waals surface area contributed by atoms with Crippen LogP contribution < -0.4 is 10.5 Å². The Morgan fingerprint density at radius 2 is 1.88 bits per heavy atom.